The largest absolute Gasteiger partial charge is 0.426 e. The number of carbonyl (C=O) groups excluding carboxylic acids is 1. The summed E-state index contributed by atoms with van der Waals surface area (Å²) in [5, 5.41) is 0. The third kappa shape index (κ3) is 2.46. The first kappa shape index (κ1) is 12.9. The molecule has 0 aliphatic carbocycles. The number of aryl methyl sites for hydroxylation is 1. The lowest BCUT2D eigenvalue weighted by Crippen LogP contribution is -2.33. The predicted molar refractivity (Wildman–Crippen MR) is 78.8 cm³/mol. The van der Waals surface area contributed by atoms with Crippen molar-refractivity contribution < 1.29 is 9.53 Å². The third-order valence-electron chi connectivity index (χ3n) is 4.10. The summed E-state index contributed by atoms with van der Waals surface area (Å²) in [6, 6.07) is 18.3. The second kappa shape index (κ2) is 5.12. The summed E-state index contributed by atoms with van der Waals surface area (Å²) in [4.78, 5) is 11.8. The Bertz CT molecular complexity index is 618. The zero-order chi connectivity index (χ0) is 14.0. The first-order chi connectivity index (χ1) is 9.67. The van der Waals surface area contributed by atoms with E-state index >= 15 is 0 Å². The van der Waals surface area contributed by atoms with Crippen LogP contribution in [0.2, 0.25) is 0 Å². The van der Waals surface area contributed by atoms with Crippen molar-refractivity contribution in [3.63, 3.8) is 0 Å². The van der Waals surface area contributed by atoms with Gasteiger partial charge in [0.1, 0.15) is 5.75 Å². The maximum absolute atomic E-state index is 11.8. The Kier molecular flexibility index (Phi) is 3.31. The van der Waals surface area contributed by atoms with Crippen molar-refractivity contribution in [1.29, 1.82) is 0 Å². The fraction of sp³-hybridized carbons (Fsp3) is 0.278. The van der Waals surface area contributed by atoms with Gasteiger partial charge in [0.2, 0.25) is 0 Å². The van der Waals surface area contributed by atoms with Gasteiger partial charge in [-0.05, 0) is 24.5 Å². The Labute approximate surface area is 119 Å². The zero-order valence-electron chi connectivity index (χ0n) is 11.6. The molecule has 0 fully saturated rings. The minimum absolute atomic E-state index is 0.126. The Morgan fingerprint density at radius 3 is 2.55 bits per heavy atom. The number of ether oxygens (including phenoxy) is 1. The molecule has 0 saturated heterocycles. The normalized spacial score (nSPS) is 21.1. The topological polar surface area (TPSA) is 26.3 Å². The number of benzene rings is 2. The van der Waals surface area contributed by atoms with Crippen LogP contribution in [0.1, 0.15) is 30.9 Å². The molecule has 1 aliphatic heterocycles. The lowest BCUT2D eigenvalue weighted by atomic mass is 9.73. The van der Waals surface area contributed by atoms with Gasteiger partial charge in [-0.1, -0.05) is 55.5 Å². The number of hydrogen-bond donors (Lipinski definition) is 0. The fourth-order valence-corrected chi connectivity index (χ4v) is 2.91. The number of para-hydroxylation sites is 1. The second-order valence-corrected chi connectivity index (χ2v) is 5.69. The fourth-order valence-electron chi connectivity index (χ4n) is 2.91. The molecule has 0 saturated carbocycles. The molecule has 1 heterocycles. The summed E-state index contributed by atoms with van der Waals surface area (Å²) >= 11 is 0. The van der Waals surface area contributed by atoms with Crippen LogP contribution in [-0.4, -0.2) is 5.97 Å². The van der Waals surface area contributed by atoms with Crippen LogP contribution in [0.3, 0.4) is 0 Å². The molecule has 0 aromatic heterocycles. The van der Waals surface area contributed by atoms with Gasteiger partial charge in [0.25, 0.3) is 0 Å². The van der Waals surface area contributed by atoms with Gasteiger partial charge < -0.3 is 4.74 Å². The van der Waals surface area contributed by atoms with Gasteiger partial charge in [0.05, 0.1) is 6.42 Å². The number of hydrogen-bond acceptors (Lipinski definition) is 2. The average molecular weight is 266 g/mol. The van der Waals surface area contributed by atoms with Gasteiger partial charge in [0, 0.05) is 11.0 Å². The Morgan fingerprint density at radius 1 is 1.05 bits per heavy atom. The molecule has 0 amide bonds. The van der Waals surface area contributed by atoms with Gasteiger partial charge in [-0.15, -0.1) is 0 Å². The van der Waals surface area contributed by atoms with Crippen molar-refractivity contribution in [2.75, 3.05) is 0 Å². The lowest BCUT2D eigenvalue weighted by Gasteiger charge is -2.34. The van der Waals surface area contributed by atoms with Crippen molar-refractivity contribution in [2.24, 2.45) is 0 Å². The van der Waals surface area contributed by atoms with Crippen molar-refractivity contribution in [3.8, 4) is 5.75 Å². The van der Waals surface area contributed by atoms with E-state index in [2.05, 4.69) is 37.3 Å². The summed E-state index contributed by atoms with van der Waals surface area (Å²) in [5.41, 5.74) is 2.32. The van der Waals surface area contributed by atoms with Gasteiger partial charge in [-0.25, -0.2) is 0 Å². The molecule has 2 aromatic carbocycles. The summed E-state index contributed by atoms with van der Waals surface area (Å²) in [5.74, 6) is 0.596. The number of fused-ring (bicyclic) bond motifs is 1. The monoisotopic (exact) mass is 266 g/mol. The van der Waals surface area contributed by atoms with Crippen LogP contribution in [0, 0.1) is 0 Å². The molecular weight excluding hydrogens is 248 g/mol. The summed E-state index contributed by atoms with van der Waals surface area (Å²) in [6.45, 7) is 2.16. The van der Waals surface area contributed by atoms with E-state index in [1.54, 1.807) is 0 Å². The minimum atomic E-state index is -0.137. The van der Waals surface area contributed by atoms with Crippen molar-refractivity contribution in [2.45, 2.75) is 31.6 Å². The van der Waals surface area contributed by atoms with E-state index in [9.17, 15) is 4.79 Å². The zero-order valence-corrected chi connectivity index (χ0v) is 11.6. The summed E-state index contributed by atoms with van der Waals surface area (Å²) < 4.78 is 5.34. The van der Waals surface area contributed by atoms with Crippen LogP contribution in [-0.2, 0) is 16.6 Å². The van der Waals surface area contributed by atoms with E-state index in [1.165, 1.54) is 5.56 Å². The highest BCUT2D eigenvalue weighted by atomic mass is 16.5. The van der Waals surface area contributed by atoms with E-state index < -0.39 is 0 Å². The molecule has 2 nitrogen and oxygen atoms in total. The lowest BCUT2D eigenvalue weighted by molar-refractivity contribution is -0.137. The SMILES string of the molecule is C[C@@]1(CCc2ccccc2)CC(=O)Oc2ccccc21. The molecule has 102 valence electrons. The van der Waals surface area contributed by atoms with E-state index in [0.717, 1.165) is 24.2 Å². The molecule has 0 bridgehead atoms. The first-order valence-corrected chi connectivity index (χ1v) is 7.01. The van der Waals surface area contributed by atoms with Crippen LogP contribution in [0.5, 0.6) is 5.75 Å². The quantitative estimate of drug-likeness (QED) is 0.622. The Hall–Kier alpha value is -2.09. The molecule has 3 rings (SSSR count). The Balaban J connectivity index is 1.86. The predicted octanol–water partition coefficient (Wildman–Crippen LogP) is 3.89. The van der Waals surface area contributed by atoms with Crippen LogP contribution >= 0.6 is 0 Å². The van der Waals surface area contributed by atoms with Crippen molar-refractivity contribution in [1.82, 2.24) is 0 Å². The maximum atomic E-state index is 11.8. The maximum Gasteiger partial charge on any atom is 0.312 e. The van der Waals surface area contributed by atoms with E-state index in [0.29, 0.717) is 6.42 Å². The number of carbonyl (C=O) groups is 1. The third-order valence-corrected chi connectivity index (χ3v) is 4.10. The highest BCUT2D eigenvalue weighted by Crippen LogP contribution is 2.41. The van der Waals surface area contributed by atoms with E-state index in [1.807, 2.05) is 24.3 Å². The second-order valence-electron chi connectivity index (χ2n) is 5.69. The first-order valence-electron chi connectivity index (χ1n) is 7.01. The molecule has 0 radical (unpaired) electrons. The van der Waals surface area contributed by atoms with Crippen molar-refractivity contribution in [3.05, 3.63) is 65.7 Å². The Morgan fingerprint density at radius 2 is 1.75 bits per heavy atom. The molecule has 1 atom stereocenters. The van der Waals surface area contributed by atoms with Crippen molar-refractivity contribution >= 4 is 5.97 Å². The molecule has 0 spiro atoms. The number of esters is 1. The van der Waals surface area contributed by atoms with E-state index in [-0.39, 0.29) is 11.4 Å². The van der Waals surface area contributed by atoms with Gasteiger partial charge in [-0.3, -0.25) is 4.79 Å². The van der Waals surface area contributed by atoms with Crippen LogP contribution in [0.25, 0.3) is 0 Å². The molecular formula is C18H18O2. The molecule has 0 N–H and O–H groups in total. The summed E-state index contributed by atoms with van der Waals surface area (Å²) in [6.07, 6.45) is 2.37. The molecule has 2 heteroatoms. The molecule has 1 aliphatic rings. The molecule has 2 aromatic rings. The highest BCUT2D eigenvalue weighted by molar-refractivity contribution is 5.77. The summed E-state index contributed by atoms with van der Waals surface area (Å²) in [7, 11) is 0. The highest BCUT2D eigenvalue weighted by Gasteiger charge is 2.36. The van der Waals surface area contributed by atoms with E-state index in [4.69, 9.17) is 4.74 Å². The van der Waals surface area contributed by atoms with Gasteiger partial charge >= 0.3 is 5.97 Å². The van der Waals surface area contributed by atoms with Crippen LogP contribution in [0.15, 0.2) is 54.6 Å². The standard InChI is InChI=1S/C18H18O2/c1-18(12-11-14-7-3-2-4-8-14)13-17(19)20-16-10-6-5-9-15(16)18/h2-10H,11-13H2,1H3/t18-/m1/s1. The van der Waals surface area contributed by atoms with Gasteiger partial charge in [-0.2, -0.15) is 0 Å². The van der Waals surface area contributed by atoms with Crippen LogP contribution in [0.4, 0.5) is 0 Å². The minimum Gasteiger partial charge on any atom is -0.426 e. The molecule has 0 unspecified atom stereocenters. The molecule has 20 heavy (non-hydrogen) atoms. The van der Waals surface area contributed by atoms with Gasteiger partial charge in [0.15, 0.2) is 0 Å². The smallest absolute Gasteiger partial charge is 0.312 e. The number of rotatable bonds is 3. The average Bonchev–Trinajstić information content (AvgIpc) is 2.46. The van der Waals surface area contributed by atoms with Crippen LogP contribution < -0.4 is 4.74 Å².